The first kappa shape index (κ1) is 16.6. The lowest BCUT2D eigenvalue weighted by Gasteiger charge is -2.17. The lowest BCUT2D eigenvalue weighted by atomic mass is 10.1. The van der Waals surface area contributed by atoms with Crippen LogP contribution in [0.1, 0.15) is 26.4 Å². The number of carbonyl (C=O) groups is 2. The van der Waals surface area contributed by atoms with Crippen LogP contribution in [0.3, 0.4) is 0 Å². The Hall–Kier alpha value is -3.28. The van der Waals surface area contributed by atoms with Gasteiger partial charge in [-0.3, -0.25) is 9.78 Å². The van der Waals surface area contributed by atoms with Crippen molar-refractivity contribution in [2.75, 3.05) is 14.2 Å². The van der Waals surface area contributed by atoms with Crippen LogP contribution in [0, 0.1) is 0 Å². The molecule has 0 radical (unpaired) electrons. The van der Waals surface area contributed by atoms with Crippen LogP contribution in [0.2, 0.25) is 0 Å². The summed E-state index contributed by atoms with van der Waals surface area (Å²) < 4.78 is 4.60. The smallest absolute Gasteiger partial charge is 0.356 e. The predicted molar refractivity (Wildman–Crippen MR) is 93.1 cm³/mol. The zero-order chi connectivity index (χ0) is 17.8. The second-order valence-electron chi connectivity index (χ2n) is 5.64. The Balaban J connectivity index is 1.74. The van der Waals surface area contributed by atoms with Gasteiger partial charge in [0.1, 0.15) is 5.69 Å². The molecule has 0 saturated carbocycles. The van der Waals surface area contributed by atoms with E-state index in [1.807, 2.05) is 30.5 Å². The van der Waals surface area contributed by atoms with Crippen LogP contribution >= 0.6 is 0 Å². The molecule has 0 aliphatic rings. The van der Waals surface area contributed by atoms with Crippen LogP contribution in [0.25, 0.3) is 10.8 Å². The van der Waals surface area contributed by atoms with E-state index in [4.69, 9.17) is 0 Å². The van der Waals surface area contributed by atoms with E-state index in [1.165, 1.54) is 19.4 Å². The number of ether oxygens (including phenoxy) is 1. The average Bonchev–Trinajstić information content (AvgIpc) is 2.66. The molecule has 1 aromatic carbocycles. The first-order valence-electron chi connectivity index (χ1n) is 7.71. The number of carbonyl (C=O) groups excluding carboxylic acids is 2. The molecule has 6 heteroatoms. The number of nitrogens with zero attached hydrogens (tertiary/aromatic N) is 3. The molecule has 2 heterocycles. The number of benzene rings is 1. The van der Waals surface area contributed by atoms with Gasteiger partial charge in [-0.25, -0.2) is 9.78 Å². The molecule has 2 aromatic heterocycles. The van der Waals surface area contributed by atoms with Crippen molar-refractivity contribution in [2.45, 2.75) is 6.54 Å². The third-order valence-corrected chi connectivity index (χ3v) is 3.88. The van der Waals surface area contributed by atoms with Gasteiger partial charge in [-0.05, 0) is 35.2 Å². The van der Waals surface area contributed by atoms with Crippen molar-refractivity contribution in [1.29, 1.82) is 0 Å². The third kappa shape index (κ3) is 3.63. The number of fused-ring (bicyclic) bond motifs is 1. The van der Waals surface area contributed by atoms with Gasteiger partial charge in [0.15, 0.2) is 0 Å². The highest BCUT2D eigenvalue weighted by Gasteiger charge is 2.14. The summed E-state index contributed by atoms with van der Waals surface area (Å²) in [7, 11) is 3.02. The average molecular weight is 335 g/mol. The van der Waals surface area contributed by atoms with Crippen molar-refractivity contribution in [3.8, 4) is 0 Å². The molecule has 25 heavy (non-hydrogen) atoms. The van der Waals surface area contributed by atoms with E-state index >= 15 is 0 Å². The highest BCUT2D eigenvalue weighted by Crippen LogP contribution is 2.16. The highest BCUT2D eigenvalue weighted by atomic mass is 16.5. The maximum atomic E-state index is 12.5. The van der Waals surface area contributed by atoms with E-state index in [-0.39, 0.29) is 11.6 Å². The van der Waals surface area contributed by atoms with Crippen LogP contribution < -0.4 is 0 Å². The van der Waals surface area contributed by atoms with Crippen molar-refractivity contribution in [3.63, 3.8) is 0 Å². The number of pyridine rings is 2. The zero-order valence-corrected chi connectivity index (χ0v) is 14.0. The summed E-state index contributed by atoms with van der Waals surface area (Å²) in [6.07, 6.45) is 4.94. The van der Waals surface area contributed by atoms with Crippen LogP contribution in [0.5, 0.6) is 0 Å². The molecule has 3 aromatic rings. The molecule has 1 amide bonds. The number of aromatic nitrogens is 2. The Morgan fingerprint density at radius 3 is 2.64 bits per heavy atom. The third-order valence-electron chi connectivity index (χ3n) is 3.88. The van der Waals surface area contributed by atoms with Crippen LogP contribution in [0.15, 0.2) is 55.0 Å². The number of methoxy groups -OCH3 is 1. The number of amides is 1. The largest absolute Gasteiger partial charge is 0.464 e. The van der Waals surface area contributed by atoms with Gasteiger partial charge in [-0.2, -0.15) is 0 Å². The Bertz CT molecular complexity index is 923. The minimum Gasteiger partial charge on any atom is -0.464 e. The summed E-state index contributed by atoms with van der Waals surface area (Å²) in [5.74, 6) is -0.697. The van der Waals surface area contributed by atoms with Crippen molar-refractivity contribution >= 4 is 22.6 Å². The second kappa shape index (κ2) is 7.09. The summed E-state index contributed by atoms with van der Waals surface area (Å²) in [5, 5.41) is 2.14. The molecular formula is C19H17N3O3. The first-order chi connectivity index (χ1) is 12.1. The Morgan fingerprint density at radius 1 is 1.08 bits per heavy atom. The fourth-order valence-electron chi connectivity index (χ4n) is 2.54. The van der Waals surface area contributed by atoms with Crippen molar-refractivity contribution in [2.24, 2.45) is 0 Å². The summed E-state index contributed by atoms with van der Waals surface area (Å²) >= 11 is 0. The minimum absolute atomic E-state index is 0.168. The number of rotatable bonds is 4. The summed E-state index contributed by atoms with van der Waals surface area (Å²) in [6.45, 7) is 0.468. The van der Waals surface area contributed by atoms with Gasteiger partial charge in [0.2, 0.25) is 0 Å². The highest BCUT2D eigenvalue weighted by molar-refractivity contribution is 5.95. The molecule has 0 atom stereocenters. The fraction of sp³-hybridized carbons (Fsp3) is 0.158. The van der Waals surface area contributed by atoms with Gasteiger partial charge < -0.3 is 9.64 Å². The molecule has 0 bridgehead atoms. The van der Waals surface area contributed by atoms with Gasteiger partial charge in [-0.1, -0.05) is 12.1 Å². The van der Waals surface area contributed by atoms with Crippen LogP contribution in [-0.4, -0.2) is 40.9 Å². The van der Waals surface area contributed by atoms with E-state index in [0.29, 0.717) is 12.1 Å². The molecule has 0 spiro atoms. The SMILES string of the molecule is COC(=O)c1ccc(C(=O)N(C)Cc2ccc3cnccc3c2)cn1. The molecule has 0 N–H and O–H groups in total. The first-order valence-corrected chi connectivity index (χ1v) is 7.71. The van der Waals surface area contributed by atoms with Crippen molar-refractivity contribution in [1.82, 2.24) is 14.9 Å². The lowest BCUT2D eigenvalue weighted by molar-refractivity contribution is 0.0593. The molecular weight excluding hydrogens is 318 g/mol. The van der Waals surface area contributed by atoms with Gasteiger partial charge >= 0.3 is 5.97 Å². The van der Waals surface area contributed by atoms with E-state index in [9.17, 15) is 9.59 Å². The second-order valence-corrected chi connectivity index (χ2v) is 5.64. The predicted octanol–water partition coefficient (Wildman–Crippen LogP) is 2.69. The summed E-state index contributed by atoms with van der Waals surface area (Å²) in [5.41, 5.74) is 1.61. The normalized spacial score (nSPS) is 10.5. The summed E-state index contributed by atoms with van der Waals surface area (Å²) in [4.78, 5) is 33.6. The maximum Gasteiger partial charge on any atom is 0.356 e. The van der Waals surface area contributed by atoms with E-state index in [1.54, 1.807) is 24.2 Å². The van der Waals surface area contributed by atoms with Crippen LogP contribution in [0.4, 0.5) is 0 Å². The number of hydrogen-bond donors (Lipinski definition) is 0. The summed E-state index contributed by atoms with van der Waals surface area (Å²) in [6, 6.07) is 11.0. The topological polar surface area (TPSA) is 72.4 Å². The van der Waals surface area contributed by atoms with E-state index < -0.39 is 5.97 Å². The Morgan fingerprint density at radius 2 is 1.92 bits per heavy atom. The lowest BCUT2D eigenvalue weighted by Crippen LogP contribution is -2.26. The van der Waals surface area contributed by atoms with Gasteiger partial charge in [0, 0.05) is 37.6 Å². The molecule has 0 aliphatic carbocycles. The molecule has 126 valence electrons. The molecule has 0 saturated heterocycles. The molecule has 0 unspecified atom stereocenters. The monoisotopic (exact) mass is 335 g/mol. The maximum absolute atomic E-state index is 12.5. The molecule has 0 aliphatic heterocycles. The van der Waals surface area contributed by atoms with Gasteiger partial charge in [0.25, 0.3) is 5.91 Å². The fourth-order valence-corrected chi connectivity index (χ4v) is 2.54. The van der Waals surface area contributed by atoms with Crippen molar-refractivity contribution < 1.29 is 14.3 Å². The Labute approximate surface area is 145 Å². The minimum atomic E-state index is -0.530. The standard InChI is InChI=1S/C19H17N3O3/c1-22(12-13-3-4-15-10-20-8-7-14(15)9-13)18(23)16-5-6-17(21-11-16)19(24)25-2/h3-11H,12H2,1-2H3. The zero-order valence-electron chi connectivity index (χ0n) is 14.0. The molecule has 0 fully saturated rings. The van der Waals surface area contributed by atoms with Crippen LogP contribution in [-0.2, 0) is 11.3 Å². The van der Waals surface area contributed by atoms with Crippen molar-refractivity contribution in [3.05, 3.63) is 71.8 Å². The Kier molecular flexibility index (Phi) is 4.70. The molecule has 3 rings (SSSR count). The molecule has 6 nitrogen and oxygen atoms in total. The van der Waals surface area contributed by atoms with Gasteiger partial charge in [0.05, 0.1) is 12.7 Å². The quantitative estimate of drug-likeness (QED) is 0.686. The van der Waals surface area contributed by atoms with E-state index in [2.05, 4.69) is 14.7 Å². The number of esters is 1. The number of hydrogen-bond acceptors (Lipinski definition) is 5. The van der Waals surface area contributed by atoms with Gasteiger partial charge in [-0.15, -0.1) is 0 Å². The van der Waals surface area contributed by atoms with E-state index in [0.717, 1.165) is 16.3 Å².